The van der Waals surface area contributed by atoms with Gasteiger partial charge >= 0.3 is 5.97 Å². The minimum absolute atomic E-state index is 0.131. The van der Waals surface area contributed by atoms with E-state index in [1.165, 1.54) is 0 Å². The summed E-state index contributed by atoms with van der Waals surface area (Å²) in [5.41, 5.74) is 0.475. The Morgan fingerprint density at radius 1 is 1.04 bits per heavy atom. The van der Waals surface area contributed by atoms with Crippen LogP contribution in [-0.2, 0) is 9.59 Å². The molecule has 0 spiro atoms. The normalized spacial score (nSPS) is 12.0. The van der Waals surface area contributed by atoms with E-state index in [0.717, 1.165) is 10.8 Å². The predicted molar refractivity (Wildman–Crippen MR) is 95.3 cm³/mol. The van der Waals surface area contributed by atoms with Crippen LogP contribution in [0.15, 0.2) is 42.5 Å². The van der Waals surface area contributed by atoms with Gasteiger partial charge in [-0.3, -0.25) is 9.59 Å². The van der Waals surface area contributed by atoms with E-state index in [1.54, 1.807) is 12.1 Å². The number of amides is 2. The molecule has 25 heavy (non-hydrogen) atoms. The van der Waals surface area contributed by atoms with Gasteiger partial charge in [-0.1, -0.05) is 50.2 Å². The maximum atomic E-state index is 12.4. The monoisotopic (exact) mass is 342 g/mol. The summed E-state index contributed by atoms with van der Waals surface area (Å²) in [5, 5.41) is 15.9. The minimum atomic E-state index is -1.08. The van der Waals surface area contributed by atoms with Crippen LogP contribution in [0.4, 0.5) is 0 Å². The van der Waals surface area contributed by atoms with Gasteiger partial charge in [-0.05, 0) is 29.2 Å². The molecular formula is C19H22N2O4. The molecule has 0 saturated heterocycles. The van der Waals surface area contributed by atoms with Crippen molar-refractivity contribution in [1.82, 2.24) is 10.6 Å². The van der Waals surface area contributed by atoms with E-state index >= 15 is 0 Å². The van der Waals surface area contributed by atoms with Gasteiger partial charge in [0.2, 0.25) is 5.91 Å². The lowest BCUT2D eigenvalue weighted by Gasteiger charge is -2.16. The number of fused-ring (bicyclic) bond motifs is 1. The van der Waals surface area contributed by atoms with Crippen molar-refractivity contribution < 1.29 is 19.5 Å². The van der Waals surface area contributed by atoms with Crippen molar-refractivity contribution in [2.75, 3.05) is 6.54 Å². The van der Waals surface area contributed by atoms with Gasteiger partial charge in [0, 0.05) is 5.56 Å². The highest BCUT2D eigenvalue weighted by molar-refractivity contribution is 6.07. The Balaban J connectivity index is 1.99. The molecule has 2 rings (SSSR count). The van der Waals surface area contributed by atoms with E-state index in [2.05, 4.69) is 10.6 Å². The van der Waals surface area contributed by atoms with Crippen LogP contribution in [0.25, 0.3) is 10.8 Å². The maximum Gasteiger partial charge on any atom is 0.326 e. The summed E-state index contributed by atoms with van der Waals surface area (Å²) in [4.78, 5) is 35.5. The Morgan fingerprint density at radius 2 is 1.72 bits per heavy atom. The molecule has 0 aliphatic rings. The van der Waals surface area contributed by atoms with Gasteiger partial charge in [0.25, 0.3) is 5.91 Å². The lowest BCUT2D eigenvalue weighted by molar-refractivity contribution is -0.142. The van der Waals surface area contributed by atoms with Crippen LogP contribution in [0.5, 0.6) is 0 Å². The molecule has 0 aliphatic heterocycles. The summed E-state index contributed by atoms with van der Waals surface area (Å²) in [5.74, 6) is -1.85. The molecule has 2 aromatic rings. The first-order valence-corrected chi connectivity index (χ1v) is 8.16. The number of nitrogens with one attached hydrogen (secondary N) is 2. The first kappa shape index (κ1) is 18.4. The van der Waals surface area contributed by atoms with E-state index in [0.29, 0.717) is 12.0 Å². The largest absolute Gasteiger partial charge is 0.480 e. The van der Waals surface area contributed by atoms with Crippen molar-refractivity contribution in [3.8, 4) is 0 Å². The zero-order chi connectivity index (χ0) is 18.4. The summed E-state index contributed by atoms with van der Waals surface area (Å²) < 4.78 is 0. The second kappa shape index (κ2) is 8.28. The van der Waals surface area contributed by atoms with Crippen LogP contribution >= 0.6 is 0 Å². The molecule has 2 aromatic carbocycles. The first-order chi connectivity index (χ1) is 11.9. The van der Waals surface area contributed by atoms with Crippen molar-refractivity contribution in [1.29, 1.82) is 0 Å². The second-order valence-corrected chi connectivity index (χ2v) is 6.30. The third-order valence-electron chi connectivity index (χ3n) is 3.78. The van der Waals surface area contributed by atoms with E-state index < -0.39 is 17.9 Å². The van der Waals surface area contributed by atoms with Crippen molar-refractivity contribution >= 4 is 28.6 Å². The van der Waals surface area contributed by atoms with Crippen LogP contribution in [0.3, 0.4) is 0 Å². The molecule has 0 aromatic heterocycles. The third-order valence-corrected chi connectivity index (χ3v) is 3.78. The number of carboxylic acid groups (broad SMARTS) is 1. The summed E-state index contributed by atoms with van der Waals surface area (Å²) in [6.45, 7) is 3.48. The third kappa shape index (κ3) is 5.04. The highest BCUT2D eigenvalue weighted by Gasteiger charge is 2.21. The van der Waals surface area contributed by atoms with Crippen LogP contribution in [0.1, 0.15) is 30.6 Å². The van der Waals surface area contributed by atoms with Crippen molar-refractivity contribution in [2.45, 2.75) is 26.3 Å². The van der Waals surface area contributed by atoms with Gasteiger partial charge in [-0.2, -0.15) is 0 Å². The number of carbonyl (C=O) groups is 3. The van der Waals surface area contributed by atoms with Gasteiger partial charge in [-0.15, -0.1) is 0 Å². The van der Waals surface area contributed by atoms with Gasteiger partial charge in [-0.25, -0.2) is 4.79 Å². The highest BCUT2D eigenvalue weighted by atomic mass is 16.4. The summed E-state index contributed by atoms with van der Waals surface area (Å²) in [6, 6.07) is 11.9. The first-order valence-electron chi connectivity index (χ1n) is 8.16. The Kier molecular flexibility index (Phi) is 6.11. The number of hydrogen-bond donors (Lipinski definition) is 3. The SMILES string of the molecule is CC(C)C[C@H](NC(=O)CNC(=O)c1cccc2ccccc12)C(=O)O. The zero-order valence-electron chi connectivity index (χ0n) is 14.3. The van der Waals surface area contributed by atoms with Crippen molar-refractivity contribution in [3.05, 3.63) is 48.0 Å². The highest BCUT2D eigenvalue weighted by Crippen LogP contribution is 2.18. The fraction of sp³-hybridized carbons (Fsp3) is 0.316. The maximum absolute atomic E-state index is 12.4. The van der Waals surface area contributed by atoms with Gasteiger partial charge in [0.05, 0.1) is 6.54 Å². The van der Waals surface area contributed by atoms with Crippen LogP contribution in [-0.4, -0.2) is 35.5 Å². The summed E-state index contributed by atoms with van der Waals surface area (Å²) >= 11 is 0. The predicted octanol–water partition coefficient (Wildman–Crippen LogP) is 2.19. The fourth-order valence-electron chi connectivity index (χ4n) is 2.62. The summed E-state index contributed by atoms with van der Waals surface area (Å²) in [7, 11) is 0. The summed E-state index contributed by atoms with van der Waals surface area (Å²) in [6.07, 6.45) is 0.332. The van der Waals surface area contributed by atoms with E-state index in [-0.39, 0.29) is 18.4 Å². The Hall–Kier alpha value is -2.89. The Bertz CT molecular complexity index is 781. The molecule has 0 aliphatic carbocycles. The Labute approximate surface area is 146 Å². The van der Waals surface area contributed by atoms with Gasteiger partial charge < -0.3 is 15.7 Å². The standard InChI is InChI=1S/C19H22N2O4/c1-12(2)10-16(19(24)25)21-17(22)11-20-18(23)15-9-5-7-13-6-3-4-8-14(13)15/h3-9,12,16H,10-11H2,1-2H3,(H,20,23)(H,21,22)(H,24,25)/t16-/m0/s1. The lowest BCUT2D eigenvalue weighted by Crippen LogP contribution is -2.46. The number of benzene rings is 2. The molecule has 132 valence electrons. The number of rotatable bonds is 7. The van der Waals surface area contributed by atoms with Gasteiger partial charge in [0.1, 0.15) is 6.04 Å². The Morgan fingerprint density at radius 3 is 2.40 bits per heavy atom. The molecule has 0 bridgehead atoms. The quantitative estimate of drug-likeness (QED) is 0.719. The van der Waals surface area contributed by atoms with Crippen LogP contribution in [0.2, 0.25) is 0 Å². The molecule has 6 nitrogen and oxygen atoms in total. The molecule has 3 N–H and O–H groups in total. The van der Waals surface area contributed by atoms with Crippen LogP contribution < -0.4 is 10.6 Å². The number of carbonyl (C=O) groups excluding carboxylic acids is 2. The van der Waals surface area contributed by atoms with E-state index in [9.17, 15) is 14.4 Å². The average Bonchev–Trinajstić information content (AvgIpc) is 2.58. The lowest BCUT2D eigenvalue weighted by atomic mass is 10.0. The number of aliphatic carboxylic acids is 1. The molecule has 1 atom stereocenters. The fourth-order valence-corrected chi connectivity index (χ4v) is 2.62. The molecule has 0 saturated carbocycles. The molecule has 0 heterocycles. The number of hydrogen-bond acceptors (Lipinski definition) is 3. The second-order valence-electron chi connectivity index (χ2n) is 6.30. The number of carboxylic acids is 1. The minimum Gasteiger partial charge on any atom is -0.480 e. The molecule has 2 amide bonds. The van der Waals surface area contributed by atoms with Crippen molar-refractivity contribution in [2.24, 2.45) is 5.92 Å². The smallest absolute Gasteiger partial charge is 0.326 e. The molecule has 0 radical (unpaired) electrons. The van der Waals surface area contributed by atoms with Crippen LogP contribution in [0, 0.1) is 5.92 Å². The molecule has 0 unspecified atom stereocenters. The molecule has 6 heteroatoms. The molecule has 0 fully saturated rings. The van der Waals surface area contributed by atoms with E-state index in [1.807, 2.05) is 44.2 Å². The molecular weight excluding hydrogens is 320 g/mol. The van der Waals surface area contributed by atoms with E-state index in [4.69, 9.17) is 5.11 Å². The average molecular weight is 342 g/mol. The topological polar surface area (TPSA) is 95.5 Å². The van der Waals surface area contributed by atoms with Gasteiger partial charge in [0.15, 0.2) is 0 Å². The zero-order valence-corrected chi connectivity index (χ0v) is 14.3. The van der Waals surface area contributed by atoms with Crippen molar-refractivity contribution in [3.63, 3.8) is 0 Å².